The first-order valence-corrected chi connectivity index (χ1v) is 8.06. The van der Waals surface area contributed by atoms with Crippen molar-refractivity contribution < 1.29 is 33.2 Å². The third-order valence-electron chi connectivity index (χ3n) is 3.48. The van der Waals surface area contributed by atoms with Crippen LogP contribution < -0.4 is 15.2 Å². The summed E-state index contributed by atoms with van der Waals surface area (Å²) in [7, 11) is -3.89. The number of rotatable bonds is 3. The molecule has 3 rings (SSSR count). The summed E-state index contributed by atoms with van der Waals surface area (Å²) in [6, 6.07) is 4.58. The van der Waals surface area contributed by atoms with Gasteiger partial charge in [-0.1, -0.05) is 6.07 Å². The molecule has 0 aromatic heterocycles. The van der Waals surface area contributed by atoms with Gasteiger partial charge in [-0.25, -0.2) is 0 Å². The molecule has 126 valence electrons. The summed E-state index contributed by atoms with van der Waals surface area (Å²) < 4.78 is 39.0. The van der Waals surface area contributed by atoms with Crippen molar-refractivity contribution >= 4 is 21.7 Å². The second-order valence-electron chi connectivity index (χ2n) is 5.09. The number of amidine groups is 1. The number of ether oxygens (including phenoxy) is 2. The Morgan fingerprint density at radius 1 is 1.30 bits per heavy atom. The fourth-order valence-electron chi connectivity index (χ4n) is 2.38. The monoisotopic (exact) mass is 345 g/mol. The molecule has 0 amide bonds. The lowest BCUT2D eigenvalue weighted by Gasteiger charge is -2.21. The number of nitrogens with one attached hydrogen (secondary N) is 1. The lowest BCUT2D eigenvalue weighted by Crippen LogP contribution is -2.35. The fraction of sp³-hybridized carbons (Fsp3) is 0.417. The lowest BCUT2D eigenvalue weighted by atomic mass is 10.1. The van der Waals surface area contributed by atoms with Crippen molar-refractivity contribution in [2.24, 2.45) is 10.1 Å². The van der Waals surface area contributed by atoms with E-state index in [1.807, 2.05) is 0 Å². The number of hydrogen-bond donors (Lipinski definition) is 5. The minimum absolute atomic E-state index is 0.189. The van der Waals surface area contributed by atoms with Crippen molar-refractivity contribution in [3.63, 3.8) is 0 Å². The van der Waals surface area contributed by atoms with Crippen LogP contribution in [0.5, 0.6) is 5.75 Å². The van der Waals surface area contributed by atoms with Crippen LogP contribution in [0.25, 0.3) is 0 Å². The Labute approximate surface area is 131 Å². The van der Waals surface area contributed by atoms with Crippen LogP contribution in [0.1, 0.15) is 5.56 Å². The Balaban J connectivity index is 1.81. The first kappa shape index (κ1) is 16.0. The molecule has 11 heteroatoms. The summed E-state index contributed by atoms with van der Waals surface area (Å²) in [5.74, 6) is -0.0138. The summed E-state index contributed by atoms with van der Waals surface area (Å²) in [6.07, 6.45) is -5.18. The van der Waals surface area contributed by atoms with Crippen LogP contribution in [0.4, 0.5) is 5.69 Å². The molecular formula is C12H15N3O7S. The van der Waals surface area contributed by atoms with E-state index < -0.39 is 34.8 Å². The third kappa shape index (κ3) is 2.96. The number of fused-ring (bicyclic) bond motifs is 1. The zero-order chi connectivity index (χ0) is 16.8. The molecular weight excluding hydrogens is 330 g/mol. The van der Waals surface area contributed by atoms with E-state index >= 15 is 0 Å². The number of nitrogens with zero attached hydrogens (tertiary/aromatic N) is 1. The zero-order valence-corrected chi connectivity index (χ0v) is 12.5. The summed E-state index contributed by atoms with van der Waals surface area (Å²) in [5.41, 5.74) is 6.14. The number of nitrogens with two attached hydrogens (primary N) is 1. The molecule has 0 bridgehead atoms. The van der Waals surface area contributed by atoms with Gasteiger partial charge in [-0.15, -0.1) is 4.40 Å². The molecule has 10 nitrogen and oxygen atoms in total. The first-order valence-electron chi connectivity index (χ1n) is 6.62. The molecule has 23 heavy (non-hydrogen) atoms. The summed E-state index contributed by atoms with van der Waals surface area (Å²) >= 11 is 0. The average Bonchev–Trinajstić information content (AvgIpc) is 2.70. The van der Waals surface area contributed by atoms with Gasteiger partial charge in [0.2, 0.25) is 0 Å². The van der Waals surface area contributed by atoms with Gasteiger partial charge in [-0.3, -0.25) is 4.72 Å². The highest BCUT2D eigenvalue weighted by molar-refractivity contribution is 7.91. The molecule has 0 saturated carbocycles. The molecule has 1 aromatic carbocycles. The van der Waals surface area contributed by atoms with E-state index in [4.69, 9.17) is 15.2 Å². The molecule has 4 atom stereocenters. The maximum absolute atomic E-state index is 11.5. The van der Waals surface area contributed by atoms with Gasteiger partial charge >= 0.3 is 10.2 Å². The van der Waals surface area contributed by atoms with Crippen molar-refractivity contribution in [2.45, 2.75) is 24.6 Å². The number of hydrogen-bond acceptors (Lipinski definition) is 8. The molecule has 1 aromatic rings. The van der Waals surface area contributed by atoms with Crippen LogP contribution in [0.3, 0.4) is 0 Å². The van der Waals surface area contributed by atoms with Crippen LogP contribution >= 0.6 is 0 Å². The predicted octanol–water partition coefficient (Wildman–Crippen LogP) is -2.12. The topological polar surface area (TPSA) is 164 Å². The quantitative estimate of drug-likeness (QED) is 0.415. The Hall–Kier alpha value is -1.92. The molecule has 2 aliphatic heterocycles. The Morgan fingerprint density at radius 3 is 2.70 bits per heavy atom. The van der Waals surface area contributed by atoms with Gasteiger partial charge in [0.05, 0.1) is 11.3 Å². The van der Waals surface area contributed by atoms with Crippen molar-refractivity contribution in [1.82, 2.24) is 0 Å². The largest absolute Gasteiger partial charge is 0.490 e. The molecule has 0 spiro atoms. The molecule has 0 radical (unpaired) electrons. The van der Waals surface area contributed by atoms with E-state index in [0.717, 1.165) is 0 Å². The van der Waals surface area contributed by atoms with Gasteiger partial charge in [0.1, 0.15) is 30.7 Å². The molecule has 1 unspecified atom stereocenters. The van der Waals surface area contributed by atoms with E-state index in [9.17, 15) is 23.7 Å². The highest BCUT2D eigenvalue weighted by atomic mass is 32.2. The molecule has 1 fully saturated rings. The maximum Gasteiger partial charge on any atom is 0.344 e. The van der Waals surface area contributed by atoms with E-state index in [-0.39, 0.29) is 29.4 Å². The van der Waals surface area contributed by atoms with Crippen molar-refractivity contribution in [3.05, 3.63) is 23.8 Å². The normalized spacial score (nSPS) is 31.9. The minimum Gasteiger partial charge on any atom is -0.490 e. The van der Waals surface area contributed by atoms with E-state index in [1.54, 1.807) is 6.07 Å². The smallest absolute Gasteiger partial charge is 0.344 e. The first-order chi connectivity index (χ1) is 10.8. The SMILES string of the molecule is NC1=NS(=O)(=O)Nc2cccc(OC[C@H]3OC(O)[C@H](O)[C@H]3O)c21. The molecule has 0 aliphatic carbocycles. The van der Waals surface area contributed by atoms with Gasteiger partial charge in [-0.2, -0.15) is 8.42 Å². The summed E-state index contributed by atoms with van der Waals surface area (Å²) in [5, 5.41) is 28.5. The number of anilines is 1. The van der Waals surface area contributed by atoms with Crippen molar-refractivity contribution in [3.8, 4) is 5.75 Å². The fourth-order valence-corrected chi connectivity index (χ4v) is 3.22. The van der Waals surface area contributed by atoms with Crippen LogP contribution in [0.15, 0.2) is 22.6 Å². The molecule has 2 heterocycles. The minimum atomic E-state index is -3.89. The zero-order valence-electron chi connectivity index (χ0n) is 11.7. The van der Waals surface area contributed by atoms with Gasteiger partial charge in [0, 0.05) is 0 Å². The second-order valence-corrected chi connectivity index (χ2v) is 6.43. The third-order valence-corrected chi connectivity index (χ3v) is 4.40. The van der Waals surface area contributed by atoms with E-state index in [1.165, 1.54) is 12.1 Å². The van der Waals surface area contributed by atoms with Gasteiger partial charge in [0.15, 0.2) is 12.1 Å². The maximum atomic E-state index is 11.5. The number of aliphatic hydroxyl groups excluding tert-OH is 3. The Morgan fingerprint density at radius 2 is 2.04 bits per heavy atom. The van der Waals surface area contributed by atoms with Crippen LogP contribution in [-0.2, 0) is 14.9 Å². The number of benzene rings is 1. The van der Waals surface area contributed by atoms with Crippen molar-refractivity contribution in [2.75, 3.05) is 11.3 Å². The van der Waals surface area contributed by atoms with Gasteiger partial charge in [0.25, 0.3) is 0 Å². The number of aliphatic hydroxyl groups is 3. The van der Waals surface area contributed by atoms with Gasteiger partial charge in [-0.05, 0) is 12.1 Å². The second kappa shape index (κ2) is 5.62. The average molecular weight is 345 g/mol. The Bertz CT molecular complexity index is 751. The summed E-state index contributed by atoms with van der Waals surface area (Å²) in [6.45, 7) is -0.189. The van der Waals surface area contributed by atoms with Crippen LogP contribution in [-0.4, -0.2) is 60.8 Å². The molecule has 6 N–H and O–H groups in total. The highest BCUT2D eigenvalue weighted by Gasteiger charge is 2.42. The standard InChI is InChI=1S/C12H15N3O7S/c13-11-8-5(14-23(19,20)15-11)2-1-3-6(8)21-4-7-9(16)10(17)12(18)22-7/h1-3,7,9-10,12,14,16-18H,4H2,(H2,13,15)/t7-,9+,10-,12?/m1/s1. The van der Waals surface area contributed by atoms with Gasteiger partial charge < -0.3 is 30.5 Å². The van der Waals surface area contributed by atoms with E-state index in [2.05, 4.69) is 9.12 Å². The van der Waals surface area contributed by atoms with Crippen LogP contribution in [0.2, 0.25) is 0 Å². The van der Waals surface area contributed by atoms with E-state index in [0.29, 0.717) is 0 Å². The van der Waals surface area contributed by atoms with Crippen LogP contribution in [0, 0.1) is 0 Å². The predicted molar refractivity (Wildman–Crippen MR) is 78.1 cm³/mol. The van der Waals surface area contributed by atoms with Crippen molar-refractivity contribution in [1.29, 1.82) is 0 Å². The molecule has 2 aliphatic rings. The lowest BCUT2D eigenvalue weighted by molar-refractivity contribution is -0.131. The Kier molecular flexibility index (Phi) is 3.90. The summed E-state index contributed by atoms with van der Waals surface area (Å²) in [4.78, 5) is 0. The molecule has 1 saturated heterocycles. The highest BCUT2D eigenvalue weighted by Crippen LogP contribution is 2.31.